The molecule has 1 saturated heterocycles. The number of carbonyl (C=O) groups is 1. The maximum Gasteiger partial charge on any atom is 0.235 e. The molecule has 2 fully saturated rings. The van der Waals surface area contributed by atoms with Gasteiger partial charge in [0, 0.05) is 38.2 Å². The molecule has 1 aromatic heterocycles. The Hall–Kier alpha value is -3.85. The van der Waals surface area contributed by atoms with E-state index in [9.17, 15) is 10.1 Å². The van der Waals surface area contributed by atoms with E-state index in [0.29, 0.717) is 43.9 Å². The average Bonchev–Trinajstić information content (AvgIpc) is 3.55. The summed E-state index contributed by atoms with van der Waals surface area (Å²) in [6, 6.07) is 18.6. The number of nitrogens with zero attached hydrogens (tertiary/aromatic N) is 4. The Bertz CT molecular complexity index is 1240. The molecule has 1 amide bonds. The molecule has 2 unspecified atom stereocenters. The first-order valence-electron chi connectivity index (χ1n) is 11.8. The summed E-state index contributed by atoms with van der Waals surface area (Å²) in [7, 11) is 0. The summed E-state index contributed by atoms with van der Waals surface area (Å²) in [5, 5.41) is 9.56. The molecule has 0 N–H and O–H groups in total. The highest BCUT2D eigenvalue weighted by Crippen LogP contribution is 2.49. The zero-order chi connectivity index (χ0) is 23.7. The molecule has 34 heavy (non-hydrogen) atoms. The molecule has 5 rings (SSSR count). The molecule has 0 bridgehead atoms. The molecule has 2 heterocycles. The van der Waals surface area contributed by atoms with Gasteiger partial charge in [-0.2, -0.15) is 10.2 Å². The van der Waals surface area contributed by atoms with Gasteiger partial charge < -0.3 is 14.2 Å². The van der Waals surface area contributed by atoms with E-state index in [2.05, 4.69) is 43.1 Å². The number of hydrogen-bond acceptors (Lipinski definition) is 5. The third kappa shape index (κ3) is 4.60. The Kier molecular flexibility index (Phi) is 5.93. The molecule has 1 aliphatic carbocycles. The number of amides is 1. The fourth-order valence-electron chi connectivity index (χ4n) is 4.84. The van der Waals surface area contributed by atoms with Crippen LogP contribution in [0.4, 0.5) is 5.88 Å². The predicted molar refractivity (Wildman–Crippen MR) is 132 cm³/mol. The summed E-state index contributed by atoms with van der Waals surface area (Å²) < 4.78 is 5.92. The summed E-state index contributed by atoms with van der Waals surface area (Å²) in [5.74, 6) is 1.56. The quantitative estimate of drug-likeness (QED) is 0.557. The van der Waals surface area contributed by atoms with Crippen LogP contribution in [-0.4, -0.2) is 42.0 Å². The van der Waals surface area contributed by atoms with E-state index >= 15 is 0 Å². The minimum absolute atomic E-state index is 0.0856. The fourth-order valence-corrected chi connectivity index (χ4v) is 4.84. The van der Waals surface area contributed by atoms with Crippen molar-refractivity contribution in [1.82, 2.24) is 9.88 Å². The second-order valence-electron chi connectivity index (χ2n) is 9.24. The van der Waals surface area contributed by atoms with Crippen molar-refractivity contribution in [3.63, 3.8) is 0 Å². The fraction of sp³-hybridized carbons (Fsp3) is 0.321. The van der Waals surface area contributed by atoms with E-state index in [4.69, 9.17) is 4.42 Å². The standard InChI is InChI=1S/C28H28N4O2/c1-19-14-20(2)16-22(15-19)23-17-24(23)27(33)31-10-12-32(13-11-31)28-25(18-29)30-26(34-28)9-8-21-6-4-3-5-7-21/h3-9,14-16,23-24H,10-13,17H2,1-2H3. The van der Waals surface area contributed by atoms with Gasteiger partial charge >= 0.3 is 0 Å². The van der Waals surface area contributed by atoms with Gasteiger partial charge in [-0.1, -0.05) is 59.7 Å². The molecule has 1 saturated carbocycles. The van der Waals surface area contributed by atoms with Crippen LogP contribution in [0, 0.1) is 31.1 Å². The van der Waals surface area contributed by atoms with Gasteiger partial charge in [0.25, 0.3) is 0 Å². The lowest BCUT2D eigenvalue weighted by molar-refractivity contribution is -0.133. The summed E-state index contributed by atoms with van der Waals surface area (Å²) in [5.41, 5.74) is 5.10. The van der Waals surface area contributed by atoms with Gasteiger partial charge in [-0.15, -0.1) is 0 Å². The van der Waals surface area contributed by atoms with Crippen molar-refractivity contribution in [1.29, 1.82) is 5.26 Å². The van der Waals surface area contributed by atoms with Gasteiger partial charge in [0.05, 0.1) is 0 Å². The van der Waals surface area contributed by atoms with E-state index in [1.54, 1.807) is 6.08 Å². The third-order valence-electron chi connectivity index (χ3n) is 6.61. The molecular formula is C28H28N4O2. The maximum atomic E-state index is 13.1. The van der Waals surface area contributed by atoms with Crippen molar-refractivity contribution in [3.8, 4) is 6.07 Å². The Morgan fingerprint density at radius 3 is 2.44 bits per heavy atom. The lowest BCUT2D eigenvalue weighted by Crippen LogP contribution is -2.49. The average molecular weight is 453 g/mol. The lowest BCUT2D eigenvalue weighted by Gasteiger charge is -2.34. The van der Waals surface area contributed by atoms with Crippen LogP contribution < -0.4 is 4.90 Å². The highest BCUT2D eigenvalue weighted by atomic mass is 16.4. The van der Waals surface area contributed by atoms with Crippen molar-refractivity contribution in [2.75, 3.05) is 31.1 Å². The number of piperazine rings is 1. The van der Waals surface area contributed by atoms with Crippen LogP contribution in [-0.2, 0) is 4.79 Å². The van der Waals surface area contributed by atoms with Crippen LogP contribution in [0.25, 0.3) is 12.2 Å². The first-order chi connectivity index (χ1) is 16.5. The van der Waals surface area contributed by atoms with Crippen molar-refractivity contribution in [3.05, 3.63) is 82.4 Å². The highest BCUT2D eigenvalue weighted by molar-refractivity contribution is 5.83. The van der Waals surface area contributed by atoms with E-state index in [-0.39, 0.29) is 17.5 Å². The van der Waals surface area contributed by atoms with E-state index in [0.717, 1.165) is 12.0 Å². The molecule has 2 aliphatic rings. The summed E-state index contributed by atoms with van der Waals surface area (Å²) in [6.07, 6.45) is 4.62. The topological polar surface area (TPSA) is 73.4 Å². The second kappa shape index (κ2) is 9.18. The SMILES string of the molecule is Cc1cc(C)cc(C2CC2C(=O)N2CCN(c3oc(C=Cc4ccccc4)nc3C#N)CC2)c1. The summed E-state index contributed by atoms with van der Waals surface area (Å²) >= 11 is 0. The monoisotopic (exact) mass is 452 g/mol. The van der Waals surface area contributed by atoms with E-state index in [1.165, 1.54) is 16.7 Å². The van der Waals surface area contributed by atoms with Crippen molar-refractivity contribution in [2.45, 2.75) is 26.2 Å². The Labute approximate surface area is 200 Å². The van der Waals surface area contributed by atoms with Gasteiger partial charge in [-0.05, 0) is 43.4 Å². The third-order valence-corrected chi connectivity index (χ3v) is 6.61. The number of oxazole rings is 1. The van der Waals surface area contributed by atoms with Gasteiger partial charge in [0.1, 0.15) is 6.07 Å². The molecule has 172 valence electrons. The zero-order valence-electron chi connectivity index (χ0n) is 19.6. The number of carbonyl (C=O) groups excluding carboxylic acids is 1. The Morgan fingerprint density at radius 1 is 1.06 bits per heavy atom. The van der Waals surface area contributed by atoms with Crippen LogP contribution in [0.1, 0.15) is 46.2 Å². The summed E-state index contributed by atoms with van der Waals surface area (Å²) in [4.78, 5) is 21.4. The van der Waals surface area contributed by atoms with Crippen molar-refractivity contribution >= 4 is 23.9 Å². The minimum atomic E-state index is 0.0856. The molecule has 6 heteroatoms. The minimum Gasteiger partial charge on any atom is -0.420 e. The molecule has 0 radical (unpaired) electrons. The van der Waals surface area contributed by atoms with Crippen LogP contribution in [0.5, 0.6) is 0 Å². The first-order valence-corrected chi connectivity index (χ1v) is 11.8. The van der Waals surface area contributed by atoms with E-state index in [1.807, 2.05) is 46.2 Å². The number of aromatic nitrogens is 1. The van der Waals surface area contributed by atoms with Crippen LogP contribution >= 0.6 is 0 Å². The Morgan fingerprint density at radius 2 is 1.76 bits per heavy atom. The maximum absolute atomic E-state index is 13.1. The lowest BCUT2D eigenvalue weighted by atomic mass is 10.0. The number of nitriles is 1. The van der Waals surface area contributed by atoms with Crippen LogP contribution in [0.2, 0.25) is 0 Å². The van der Waals surface area contributed by atoms with Gasteiger partial charge in [-0.25, -0.2) is 0 Å². The zero-order valence-corrected chi connectivity index (χ0v) is 19.6. The molecule has 1 aliphatic heterocycles. The van der Waals surface area contributed by atoms with Crippen molar-refractivity contribution in [2.24, 2.45) is 5.92 Å². The first kappa shape index (κ1) is 22.0. The largest absolute Gasteiger partial charge is 0.420 e. The van der Waals surface area contributed by atoms with E-state index < -0.39 is 0 Å². The second-order valence-corrected chi connectivity index (χ2v) is 9.24. The molecule has 2 aromatic carbocycles. The smallest absolute Gasteiger partial charge is 0.235 e. The number of hydrogen-bond donors (Lipinski definition) is 0. The van der Waals surface area contributed by atoms with Gasteiger partial charge in [0.15, 0.2) is 0 Å². The number of rotatable bonds is 5. The number of aryl methyl sites for hydroxylation is 2. The van der Waals surface area contributed by atoms with Crippen LogP contribution in [0.15, 0.2) is 52.9 Å². The molecule has 2 atom stereocenters. The molecular weight excluding hydrogens is 424 g/mol. The number of benzene rings is 2. The molecule has 0 spiro atoms. The highest BCUT2D eigenvalue weighted by Gasteiger charge is 2.46. The Balaban J connectivity index is 1.21. The molecule has 3 aromatic rings. The van der Waals surface area contributed by atoms with Gasteiger partial charge in [-0.3, -0.25) is 4.79 Å². The molecule has 6 nitrogen and oxygen atoms in total. The van der Waals surface area contributed by atoms with Crippen molar-refractivity contribution < 1.29 is 9.21 Å². The van der Waals surface area contributed by atoms with Gasteiger partial charge in [0.2, 0.25) is 23.4 Å². The predicted octanol–water partition coefficient (Wildman–Crippen LogP) is 4.79. The number of anilines is 1. The summed E-state index contributed by atoms with van der Waals surface area (Å²) in [6.45, 7) is 6.70. The normalized spacial score (nSPS) is 19.9. The van der Waals surface area contributed by atoms with Crippen LogP contribution in [0.3, 0.4) is 0 Å².